The Morgan fingerprint density at radius 2 is 2.04 bits per heavy atom. The van der Waals surface area contributed by atoms with Crippen LogP contribution in [0.5, 0.6) is 11.5 Å². The number of benzene rings is 1. The summed E-state index contributed by atoms with van der Waals surface area (Å²) in [6.45, 7) is 10.1. The van der Waals surface area contributed by atoms with E-state index in [-0.39, 0.29) is 17.2 Å². The molecule has 2 atom stereocenters. The van der Waals surface area contributed by atoms with Gasteiger partial charge in [0.15, 0.2) is 11.5 Å². The highest BCUT2D eigenvalue weighted by molar-refractivity contribution is 6.32. The van der Waals surface area contributed by atoms with Gasteiger partial charge in [-0.05, 0) is 49.3 Å². The van der Waals surface area contributed by atoms with Gasteiger partial charge in [0.1, 0.15) is 13.2 Å². The zero-order valence-corrected chi connectivity index (χ0v) is 16.1. The average molecular weight is 364 g/mol. The SMILES string of the molecule is CC(C)=CC1C(C(=O)NCCc2cc(Cl)c3c(c2)OCCO3)C1(C)C. The fourth-order valence-corrected chi connectivity index (χ4v) is 3.89. The highest BCUT2D eigenvalue weighted by atomic mass is 35.5. The largest absolute Gasteiger partial charge is 0.486 e. The van der Waals surface area contributed by atoms with Gasteiger partial charge in [0.25, 0.3) is 0 Å². The van der Waals surface area contributed by atoms with Gasteiger partial charge in [-0.25, -0.2) is 0 Å². The van der Waals surface area contributed by atoms with Crippen molar-refractivity contribution in [3.05, 3.63) is 34.4 Å². The van der Waals surface area contributed by atoms with Crippen LogP contribution >= 0.6 is 11.6 Å². The number of fused-ring (bicyclic) bond motifs is 1. The molecule has 0 saturated heterocycles. The molecule has 2 aliphatic rings. The van der Waals surface area contributed by atoms with Crippen molar-refractivity contribution >= 4 is 17.5 Å². The lowest BCUT2D eigenvalue weighted by Gasteiger charge is -2.20. The first kappa shape index (κ1) is 18.1. The maximum Gasteiger partial charge on any atom is 0.224 e. The molecule has 1 aliphatic carbocycles. The number of halogens is 1. The van der Waals surface area contributed by atoms with Gasteiger partial charge in [0.05, 0.1) is 10.9 Å². The van der Waals surface area contributed by atoms with Crippen LogP contribution in [0, 0.1) is 17.3 Å². The highest BCUT2D eigenvalue weighted by Crippen LogP contribution is 2.59. The van der Waals surface area contributed by atoms with Crippen LogP contribution < -0.4 is 14.8 Å². The molecule has 1 saturated carbocycles. The van der Waals surface area contributed by atoms with Crippen LogP contribution in [-0.4, -0.2) is 25.7 Å². The molecule has 1 amide bonds. The van der Waals surface area contributed by atoms with Crippen molar-refractivity contribution in [1.29, 1.82) is 0 Å². The van der Waals surface area contributed by atoms with E-state index in [0.29, 0.717) is 48.6 Å². The minimum Gasteiger partial charge on any atom is -0.486 e. The molecule has 4 nitrogen and oxygen atoms in total. The van der Waals surface area contributed by atoms with Gasteiger partial charge in [-0.3, -0.25) is 4.79 Å². The predicted octanol–water partition coefficient (Wildman–Crippen LogP) is 4.01. The number of carbonyl (C=O) groups excluding carboxylic acids is 1. The second-order valence-electron chi connectivity index (χ2n) is 7.71. The topological polar surface area (TPSA) is 47.6 Å². The van der Waals surface area contributed by atoms with E-state index in [2.05, 4.69) is 39.1 Å². The van der Waals surface area contributed by atoms with Gasteiger partial charge in [-0.2, -0.15) is 0 Å². The van der Waals surface area contributed by atoms with Gasteiger partial charge in [0, 0.05) is 6.54 Å². The smallest absolute Gasteiger partial charge is 0.224 e. The molecule has 1 aliphatic heterocycles. The average Bonchev–Trinajstić information content (AvgIpc) is 3.07. The van der Waals surface area contributed by atoms with Gasteiger partial charge in [-0.1, -0.05) is 37.1 Å². The van der Waals surface area contributed by atoms with Crippen LogP contribution in [0.1, 0.15) is 33.3 Å². The van der Waals surface area contributed by atoms with E-state index in [9.17, 15) is 4.79 Å². The van der Waals surface area contributed by atoms with Crippen LogP contribution in [0.4, 0.5) is 0 Å². The summed E-state index contributed by atoms with van der Waals surface area (Å²) in [5.74, 6) is 1.83. The summed E-state index contributed by atoms with van der Waals surface area (Å²) >= 11 is 6.26. The summed E-state index contributed by atoms with van der Waals surface area (Å²) in [6, 6.07) is 3.83. The molecule has 0 aromatic heterocycles. The van der Waals surface area contributed by atoms with Crippen molar-refractivity contribution in [2.24, 2.45) is 17.3 Å². The van der Waals surface area contributed by atoms with Gasteiger partial charge >= 0.3 is 0 Å². The number of amides is 1. The van der Waals surface area contributed by atoms with E-state index in [1.54, 1.807) is 0 Å². The molecule has 2 unspecified atom stereocenters. The number of carbonyl (C=O) groups is 1. The lowest BCUT2D eigenvalue weighted by atomic mass is 10.1. The summed E-state index contributed by atoms with van der Waals surface area (Å²) in [5, 5.41) is 3.63. The molecule has 1 aromatic rings. The normalized spacial score (nSPS) is 22.9. The molecule has 0 radical (unpaired) electrons. The first-order chi connectivity index (χ1) is 11.8. The van der Waals surface area contributed by atoms with Crippen molar-refractivity contribution in [3.63, 3.8) is 0 Å². The van der Waals surface area contributed by atoms with Crippen molar-refractivity contribution in [2.45, 2.75) is 34.1 Å². The van der Waals surface area contributed by atoms with Crippen molar-refractivity contribution in [2.75, 3.05) is 19.8 Å². The van der Waals surface area contributed by atoms with E-state index in [1.165, 1.54) is 5.57 Å². The van der Waals surface area contributed by atoms with E-state index < -0.39 is 0 Å². The molecule has 5 heteroatoms. The minimum atomic E-state index is 0.0433. The van der Waals surface area contributed by atoms with E-state index in [0.717, 1.165) is 5.56 Å². The van der Waals surface area contributed by atoms with E-state index in [1.807, 2.05) is 12.1 Å². The first-order valence-corrected chi connectivity index (χ1v) is 9.19. The van der Waals surface area contributed by atoms with Gasteiger partial charge in [-0.15, -0.1) is 0 Å². The Balaban J connectivity index is 1.56. The fourth-order valence-electron chi connectivity index (χ4n) is 3.60. The lowest BCUT2D eigenvalue weighted by Crippen LogP contribution is -2.28. The minimum absolute atomic E-state index is 0.0433. The standard InChI is InChI=1S/C20H26ClNO3/c1-12(2)9-14-17(20(14,3)4)19(23)22-6-5-13-10-15(21)18-16(11-13)24-7-8-25-18/h9-11,14,17H,5-8H2,1-4H3,(H,22,23). The molecule has 1 heterocycles. The van der Waals surface area contributed by atoms with Crippen LogP contribution in [0.2, 0.25) is 5.02 Å². The Bertz CT molecular complexity index is 707. The van der Waals surface area contributed by atoms with E-state index >= 15 is 0 Å². The molecule has 3 rings (SSSR count). The monoisotopic (exact) mass is 363 g/mol. The van der Waals surface area contributed by atoms with Gasteiger partial charge in [0.2, 0.25) is 5.91 Å². The highest BCUT2D eigenvalue weighted by Gasteiger charge is 2.60. The summed E-state index contributed by atoms with van der Waals surface area (Å²) in [6.07, 6.45) is 2.92. The quantitative estimate of drug-likeness (QED) is 0.804. The Morgan fingerprint density at radius 1 is 1.32 bits per heavy atom. The molecule has 136 valence electrons. The second kappa shape index (κ2) is 6.91. The lowest BCUT2D eigenvalue weighted by molar-refractivity contribution is -0.123. The number of hydrogen-bond donors (Lipinski definition) is 1. The second-order valence-corrected chi connectivity index (χ2v) is 8.12. The zero-order chi connectivity index (χ0) is 18.2. The molecule has 0 spiro atoms. The van der Waals surface area contributed by atoms with Crippen molar-refractivity contribution < 1.29 is 14.3 Å². The van der Waals surface area contributed by atoms with Gasteiger partial charge < -0.3 is 14.8 Å². The number of allylic oxidation sites excluding steroid dienone is 2. The Labute approximate surface area is 154 Å². The molecule has 1 fully saturated rings. The molecular formula is C20H26ClNO3. The zero-order valence-electron chi connectivity index (χ0n) is 15.3. The Morgan fingerprint density at radius 3 is 2.76 bits per heavy atom. The maximum absolute atomic E-state index is 12.5. The van der Waals surface area contributed by atoms with Crippen molar-refractivity contribution in [1.82, 2.24) is 5.32 Å². The summed E-state index contributed by atoms with van der Waals surface area (Å²) in [7, 11) is 0. The predicted molar refractivity (Wildman–Crippen MR) is 99.3 cm³/mol. The molecule has 25 heavy (non-hydrogen) atoms. The fraction of sp³-hybridized carbons (Fsp3) is 0.550. The van der Waals surface area contributed by atoms with Crippen LogP contribution in [0.15, 0.2) is 23.8 Å². The number of rotatable bonds is 5. The van der Waals surface area contributed by atoms with E-state index in [4.69, 9.17) is 21.1 Å². The third-order valence-electron chi connectivity index (χ3n) is 5.08. The van der Waals surface area contributed by atoms with Crippen LogP contribution in [0.25, 0.3) is 0 Å². The van der Waals surface area contributed by atoms with Crippen molar-refractivity contribution in [3.8, 4) is 11.5 Å². The molecular weight excluding hydrogens is 338 g/mol. The summed E-state index contributed by atoms with van der Waals surface area (Å²) in [5.41, 5.74) is 2.34. The Hall–Kier alpha value is -1.68. The maximum atomic E-state index is 12.5. The molecule has 0 bridgehead atoms. The molecule has 1 aromatic carbocycles. The third-order valence-corrected chi connectivity index (χ3v) is 5.36. The summed E-state index contributed by atoms with van der Waals surface area (Å²) < 4.78 is 11.1. The van der Waals surface area contributed by atoms with Crippen LogP contribution in [0.3, 0.4) is 0 Å². The number of nitrogens with one attached hydrogen (secondary N) is 1. The molecule has 1 N–H and O–H groups in total. The van der Waals surface area contributed by atoms with Crippen LogP contribution in [-0.2, 0) is 11.2 Å². The number of ether oxygens (including phenoxy) is 2. The Kier molecular flexibility index (Phi) is 5.01. The number of hydrogen-bond acceptors (Lipinski definition) is 3. The third kappa shape index (κ3) is 3.79. The first-order valence-electron chi connectivity index (χ1n) is 8.81. The summed E-state index contributed by atoms with van der Waals surface area (Å²) in [4.78, 5) is 12.5.